The molecule has 1 N–H and O–H groups in total. The molecule has 1 aliphatic heterocycles. The highest BCUT2D eigenvalue weighted by Gasteiger charge is 2.25. The molecule has 1 fully saturated rings. The van der Waals surface area contributed by atoms with Crippen LogP contribution >= 0.6 is 0 Å². The van der Waals surface area contributed by atoms with E-state index in [9.17, 15) is 5.11 Å². The summed E-state index contributed by atoms with van der Waals surface area (Å²) in [5.74, 6) is 0. The molecular formula is C16H25NO3. The van der Waals surface area contributed by atoms with Crippen molar-refractivity contribution in [3.63, 3.8) is 0 Å². The third-order valence-electron chi connectivity index (χ3n) is 3.60. The maximum Gasteiger partial charge on any atom is 0.0900 e. The summed E-state index contributed by atoms with van der Waals surface area (Å²) in [4.78, 5) is 2.27. The third-order valence-corrected chi connectivity index (χ3v) is 3.60. The first-order chi connectivity index (χ1) is 9.65. The Kier molecular flexibility index (Phi) is 5.98. The van der Waals surface area contributed by atoms with E-state index >= 15 is 0 Å². The topological polar surface area (TPSA) is 41.9 Å². The minimum absolute atomic E-state index is 0.239. The first-order valence-electron chi connectivity index (χ1n) is 7.30. The van der Waals surface area contributed by atoms with Gasteiger partial charge in [0.1, 0.15) is 0 Å². The largest absolute Gasteiger partial charge is 0.389 e. The number of benzene rings is 1. The lowest BCUT2D eigenvalue weighted by Gasteiger charge is -2.37. The number of aliphatic hydroxyl groups is 1. The van der Waals surface area contributed by atoms with Crippen molar-refractivity contribution in [2.75, 3.05) is 26.3 Å². The number of ether oxygens (including phenoxy) is 2. The lowest BCUT2D eigenvalue weighted by molar-refractivity contribution is -0.0712. The molecule has 0 bridgehead atoms. The third kappa shape index (κ3) is 4.87. The van der Waals surface area contributed by atoms with Crippen LogP contribution in [0.15, 0.2) is 30.3 Å². The molecule has 1 aliphatic rings. The van der Waals surface area contributed by atoms with Crippen LogP contribution in [0.3, 0.4) is 0 Å². The van der Waals surface area contributed by atoms with Gasteiger partial charge in [-0.05, 0) is 19.4 Å². The molecule has 20 heavy (non-hydrogen) atoms. The Labute approximate surface area is 121 Å². The molecule has 4 nitrogen and oxygen atoms in total. The van der Waals surface area contributed by atoms with Crippen LogP contribution in [0.1, 0.15) is 19.4 Å². The molecule has 0 saturated carbocycles. The van der Waals surface area contributed by atoms with E-state index in [4.69, 9.17) is 9.47 Å². The zero-order valence-electron chi connectivity index (χ0n) is 12.4. The zero-order valence-corrected chi connectivity index (χ0v) is 12.4. The van der Waals surface area contributed by atoms with Gasteiger partial charge in [0.05, 0.1) is 32.0 Å². The number of hydrogen-bond donors (Lipinski definition) is 1. The number of nitrogens with zero attached hydrogens (tertiary/aromatic N) is 1. The monoisotopic (exact) mass is 279 g/mol. The van der Waals surface area contributed by atoms with Gasteiger partial charge in [0.25, 0.3) is 0 Å². The average Bonchev–Trinajstić information content (AvgIpc) is 2.44. The Balaban J connectivity index is 1.68. The summed E-state index contributed by atoms with van der Waals surface area (Å²) in [5.41, 5.74) is 1.13. The average molecular weight is 279 g/mol. The Morgan fingerprint density at radius 1 is 1.35 bits per heavy atom. The van der Waals surface area contributed by atoms with Gasteiger partial charge in [0.15, 0.2) is 0 Å². The van der Waals surface area contributed by atoms with Gasteiger partial charge in [-0.1, -0.05) is 30.3 Å². The smallest absolute Gasteiger partial charge is 0.0900 e. The van der Waals surface area contributed by atoms with Crippen molar-refractivity contribution in [2.24, 2.45) is 0 Å². The molecule has 0 amide bonds. The Hall–Kier alpha value is -0.940. The van der Waals surface area contributed by atoms with Gasteiger partial charge in [0, 0.05) is 19.1 Å². The predicted molar refractivity (Wildman–Crippen MR) is 78.6 cm³/mol. The van der Waals surface area contributed by atoms with Crippen molar-refractivity contribution < 1.29 is 14.6 Å². The predicted octanol–water partition coefficient (Wildman–Crippen LogP) is 1.67. The molecule has 1 saturated heterocycles. The molecule has 0 unspecified atom stereocenters. The minimum Gasteiger partial charge on any atom is -0.389 e. The fourth-order valence-corrected chi connectivity index (χ4v) is 2.44. The van der Waals surface area contributed by atoms with Crippen LogP contribution in [0.2, 0.25) is 0 Å². The van der Waals surface area contributed by atoms with Crippen LogP contribution in [-0.2, 0) is 16.1 Å². The Bertz CT molecular complexity index is 385. The highest BCUT2D eigenvalue weighted by atomic mass is 16.5. The SMILES string of the molecule is C[C@@H]1CN(C[C@H](O)COCc2ccccc2)[C@H](C)CO1. The van der Waals surface area contributed by atoms with Crippen LogP contribution in [0.25, 0.3) is 0 Å². The molecule has 1 aromatic carbocycles. The number of aliphatic hydroxyl groups excluding tert-OH is 1. The van der Waals surface area contributed by atoms with Gasteiger partial charge in [-0.3, -0.25) is 4.90 Å². The van der Waals surface area contributed by atoms with E-state index in [1.165, 1.54) is 0 Å². The number of hydrogen-bond acceptors (Lipinski definition) is 4. The van der Waals surface area contributed by atoms with Crippen LogP contribution in [-0.4, -0.2) is 54.6 Å². The first kappa shape index (κ1) is 15.4. The Morgan fingerprint density at radius 3 is 2.85 bits per heavy atom. The van der Waals surface area contributed by atoms with Gasteiger partial charge in [-0.15, -0.1) is 0 Å². The molecule has 0 aromatic heterocycles. The molecule has 0 aliphatic carbocycles. The first-order valence-corrected chi connectivity index (χ1v) is 7.30. The van der Waals surface area contributed by atoms with Crippen molar-refractivity contribution in [2.45, 2.75) is 38.7 Å². The summed E-state index contributed by atoms with van der Waals surface area (Å²) in [6.07, 6.45) is -0.213. The fourth-order valence-electron chi connectivity index (χ4n) is 2.44. The van der Waals surface area contributed by atoms with Gasteiger partial charge in [0.2, 0.25) is 0 Å². The van der Waals surface area contributed by atoms with Crippen LogP contribution in [0, 0.1) is 0 Å². The molecule has 0 radical (unpaired) electrons. The lowest BCUT2D eigenvalue weighted by Crippen LogP contribution is -2.50. The highest BCUT2D eigenvalue weighted by molar-refractivity contribution is 5.13. The van der Waals surface area contributed by atoms with E-state index in [2.05, 4.69) is 18.7 Å². The maximum atomic E-state index is 10.1. The van der Waals surface area contributed by atoms with Crippen molar-refractivity contribution in [3.8, 4) is 0 Å². The second-order valence-electron chi connectivity index (χ2n) is 5.60. The van der Waals surface area contributed by atoms with E-state index in [0.29, 0.717) is 25.8 Å². The van der Waals surface area contributed by atoms with E-state index in [1.807, 2.05) is 30.3 Å². The summed E-state index contributed by atoms with van der Waals surface area (Å²) in [7, 11) is 0. The molecular weight excluding hydrogens is 254 g/mol. The van der Waals surface area contributed by atoms with E-state index in [-0.39, 0.29) is 6.10 Å². The summed E-state index contributed by atoms with van der Waals surface area (Å²) in [6, 6.07) is 10.4. The summed E-state index contributed by atoms with van der Waals surface area (Å²) < 4.78 is 11.2. The van der Waals surface area contributed by atoms with Crippen molar-refractivity contribution in [1.82, 2.24) is 4.90 Å². The lowest BCUT2D eigenvalue weighted by atomic mass is 10.2. The second kappa shape index (κ2) is 7.74. The van der Waals surface area contributed by atoms with Crippen LogP contribution in [0.4, 0.5) is 0 Å². The van der Waals surface area contributed by atoms with Crippen LogP contribution in [0.5, 0.6) is 0 Å². The van der Waals surface area contributed by atoms with Gasteiger partial charge >= 0.3 is 0 Å². The van der Waals surface area contributed by atoms with E-state index in [1.54, 1.807) is 0 Å². The van der Waals surface area contributed by atoms with Crippen molar-refractivity contribution in [1.29, 1.82) is 0 Å². The maximum absolute atomic E-state index is 10.1. The van der Waals surface area contributed by atoms with Gasteiger partial charge < -0.3 is 14.6 Å². The molecule has 1 heterocycles. The van der Waals surface area contributed by atoms with Crippen LogP contribution < -0.4 is 0 Å². The quantitative estimate of drug-likeness (QED) is 0.860. The van der Waals surface area contributed by atoms with Crippen molar-refractivity contribution >= 4 is 0 Å². The summed E-state index contributed by atoms with van der Waals surface area (Å²) >= 11 is 0. The Morgan fingerprint density at radius 2 is 2.10 bits per heavy atom. The number of rotatable bonds is 6. The molecule has 0 spiro atoms. The molecule has 112 valence electrons. The zero-order chi connectivity index (χ0) is 14.4. The molecule has 4 heteroatoms. The highest BCUT2D eigenvalue weighted by Crippen LogP contribution is 2.12. The van der Waals surface area contributed by atoms with Gasteiger partial charge in [-0.25, -0.2) is 0 Å². The molecule has 1 aromatic rings. The molecule has 3 atom stereocenters. The van der Waals surface area contributed by atoms with Gasteiger partial charge in [-0.2, -0.15) is 0 Å². The molecule has 2 rings (SSSR count). The van der Waals surface area contributed by atoms with E-state index in [0.717, 1.165) is 18.7 Å². The summed E-state index contributed by atoms with van der Waals surface area (Å²) in [6.45, 7) is 7.36. The second-order valence-corrected chi connectivity index (χ2v) is 5.60. The normalized spacial score (nSPS) is 25.6. The van der Waals surface area contributed by atoms with E-state index < -0.39 is 6.10 Å². The van der Waals surface area contributed by atoms with Crippen molar-refractivity contribution in [3.05, 3.63) is 35.9 Å². The fraction of sp³-hybridized carbons (Fsp3) is 0.625. The summed E-state index contributed by atoms with van der Waals surface area (Å²) in [5, 5.41) is 10.1. The number of morpholine rings is 1. The standard InChI is InChI=1S/C16H25NO3/c1-13-10-20-14(2)8-17(13)9-16(18)12-19-11-15-6-4-3-5-7-15/h3-7,13-14,16,18H,8-12H2,1-2H3/t13-,14-,16+/m1/s1. The number of β-amino-alcohol motifs (C(OH)–C–C–N with tert-alkyl or cyclic N) is 1. The minimum atomic E-state index is -0.452.